The number of ether oxygens (including phenoxy) is 2. The Labute approximate surface area is 174 Å². The molecule has 1 saturated carbocycles. The zero-order valence-corrected chi connectivity index (χ0v) is 18.4. The van der Waals surface area contributed by atoms with Gasteiger partial charge in [0.15, 0.2) is 0 Å². The maximum absolute atomic E-state index is 12.6. The average Bonchev–Trinajstić information content (AvgIpc) is 2.66. The Morgan fingerprint density at radius 3 is 2.31 bits per heavy atom. The number of benzene rings is 1. The molecule has 1 aliphatic carbocycles. The predicted octanol–water partition coefficient (Wildman–Crippen LogP) is 5.13. The summed E-state index contributed by atoms with van der Waals surface area (Å²) in [6, 6.07) is 8.61. The van der Waals surface area contributed by atoms with Crippen molar-refractivity contribution in [2.45, 2.75) is 89.8 Å². The van der Waals surface area contributed by atoms with E-state index in [1.54, 1.807) is 7.11 Å². The van der Waals surface area contributed by atoms with Gasteiger partial charge in [-0.25, -0.2) is 0 Å². The Morgan fingerprint density at radius 1 is 1.10 bits per heavy atom. The number of nitrogens with zero attached hydrogens (tertiary/aromatic N) is 2. The summed E-state index contributed by atoms with van der Waals surface area (Å²) in [5, 5.41) is 0. The van der Waals surface area contributed by atoms with Gasteiger partial charge in [-0.15, -0.1) is 0 Å². The van der Waals surface area contributed by atoms with E-state index in [4.69, 9.17) is 19.5 Å². The van der Waals surface area contributed by atoms with Crippen LogP contribution >= 0.6 is 0 Å². The highest BCUT2D eigenvalue weighted by molar-refractivity contribution is 6.42. The lowest BCUT2D eigenvalue weighted by molar-refractivity contribution is -0.155. The summed E-state index contributed by atoms with van der Waals surface area (Å²) in [5.41, 5.74) is 2.67. The largest absolute Gasteiger partial charge is 0.497 e. The number of hydrogen-bond acceptors (Lipinski definition) is 5. The Hall–Kier alpha value is -2.17. The first kappa shape index (κ1) is 21.5. The maximum atomic E-state index is 12.6. The van der Waals surface area contributed by atoms with Gasteiger partial charge in [-0.05, 0) is 70.6 Å². The third-order valence-corrected chi connectivity index (χ3v) is 5.65. The van der Waals surface area contributed by atoms with Gasteiger partial charge in [-0.2, -0.15) is 0 Å². The highest BCUT2D eigenvalue weighted by Gasteiger charge is 2.30. The van der Waals surface area contributed by atoms with Crippen LogP contribution in [-0.2, 0) is 9.53 Å². The first-order chi connectivity index (χ1) is 13.7. The lowest BCUT2D eigenvalue weighted by Crippen LogP contribution is -2.35. The van der Waals surface area contributed by atoms with Crippen molar-refractivity contribution in [2.75, 3.05) is 7.11 Å². The third-order valence-electron chi connectivity index (χ3n) is 5.65. The fraction of sp³-hybridized carbons (Fsp3) is 0.625. The number of carbonyl (C=O) groups excluding carboxylic acids is 1. The van der Waals surface area contributed by atoms with Gasteiger partial charge in [0.05, 0.1) is 37.0 Å². The van der Waals surface area contributed by atoms with Crippen molar-refractivity contribution < 1.29 is 14.3 Å². The molecule has 29 heavy (non-hydrogen) atoms. The smallest absolute Gasteiger partial charge is 0.306 e. The summed E-state index contributed by atoms with van der Waals surface area (Å²) >= 11 is 0. The Kier molecular flexibility index (Phi) is 6.76. The van der Waals surface area contributed by atoms with Crippen LogP contribution < -0.4 is 4.74 Å². The van der Waals surface area contributed by atoms with Gasteiger partial charge in [-0.1, -0.05) is 25.0 Å². The van der Waals surface area contributed by atoms with Crippen molar-refractivity contribution in [1.29, 1.82) is 0 Å². The highest BCUT2D eigenvalue weighted by Crippen LogP contribution is 2.31. The standard InChI is InChI=1S/C24H34N2O3/c1-16-22(26-21-9-7-6-8-20(21)25-16)14-18(15-23(27)29-24(2,3)4)17-10-12-19(28-5)13-11-17/h10-13,18,20-21H,6-9,14-15H2,1-5H3. The van der Waals surface area contributed by atoms with Crippen molar-refractivity contribution in [2.24, 2.45) is 9.98 Å². The van der Waals surface area contributed by atoms with Crippen LogP contribution in [0.2, 0.25) is 0 Å². The molecule has 3 rings (SSSR count). The van der Waals surface area contributed by atoms with Crippen LogP contribution in [0.1, 0.15) is 77.7 Å². The lowest BCUT2D eigenvalue weighted by Gasteiger charge is -2.31. The van der Waals surface area contributed by atoms with Crippen LogP contribution in [0.3, 0.4) is 0 Å². The minimum atomic E-state index is -0.489. The van der Waals surface area contributed by atoms with Gasteiger partial charge in [-0.3, -0.25) is 14.8 Å². The summed E-state index contributed by atoms with van der Waals surface area (Å²) < 4.78 is 10.9. The molecular weight excluding hydrogens is 364 g/mol. The summed E-state index contributed by atoms with van der Waals surface area (Å²) in [6.45, 7) is 7.76. The van der Waals surface area contributed by atoms with E-state index < -0.39 is 5.60 Å². The Morgan fingerprint density at radius 2 is 1.72 bits per heavy atom. The molecule has 3 unspecified atom stereocenters. The molecule has 0 radical (unpaired) electrons. The van der Waals surface area contributed by atoms with Crippen LogP contribution in [0.15, 0.2) is 34.3 Å². The second-order valence-electron chi connectivity index (χ2n) is 9.17. The van der Waals surface area contributed by atoms with Crippen molar-refractivity contribution in [1.82, 2.24) is 0 Å². The molecule has 0 spiro atoms. The minimum Gasteiger partial charge on any atom is -0.497 e. The fourth-order valence-corrected chi connectivity index (χ4v) is 4.21. The number of aliphatic imine (C=N–C) groups is 2. The Balaban J connectivity index is 1.81. The second-order valence-corrected chi connectivity index (χ2v) is 9.17. The van der Waals surface area contributed by atoms with Crippen LogP contribution in [0.4, 0.5) is 0 Å². The van der Waals surface area contributed by atoms with Gasteiger partial charge >= 0.3 is 5.97 Å². The van der Waals surface area contributed by atoms with E-state index >= 15 is 0 Å². The maximum Gasteiger partial charge on any atom is 0.306 e. The molecule has 0 bridgehead atoms. The van der Waals surface area contributed by atoms with Gasteiger partial charge in [0.2, 0.25) is 0 Å². The summed E-state index contributed by atoms with van der Waals surface area (Å²) in [6.07, 6.45) is 5.75. The number of methoxy groups -OCH3 is 1. The van der Waals surface area contributed by atoms with Gasteiger partial charge in [0.25, 0.3) is 0 Å². The van der Waals surface area contributed by atoms with E-state index in [-0.39, 0.29) is 11.9 Å². The molecule has 1 fully saturated rings. The van der Waals surface area contributed by atoms with E-state index in [1.807, 2.05) is 45.0 Å². The van der Waals surface area contributed by atoms with Crippen molar-refractivity contribution in [3.63, 3.8) is 0 Å². The molecule has 158 valence electrons. The monoisotopic (exact) mass is 398 g/mol. The second kappa shape index (κ2) is 9.10. The first-order valence-electron chi connectivity index (χ1n) is 10.7. The van der Waals surface area contributed by atoms with E-state index in [0.29, 0.717) is 24.9 Å². The zero-order chi connectivity index (χ0) is 21.0. The molecule has 0 saturated heterocycles. The van der Waals surface area contributed by atoms with Gasteiger partial charge in [0, 0.05) is 0 Å². The summed E-state index contributed by atoms with van der Waals surface area (Å²) in [7, 11) is 1.66. The van der Waals surface area contributed by atoms with Crippen LogP contribution in [0.25, 0.3) is 0 Å². The number of hydrogen-bond donors (Lipinski definition) is 0. The predicted molar refractivity (Wildman–Crippen MR) is 117 cm³/mol. The van der Waals surface area contributed by atoms with Crippen LogP contribution in [0, 0.1) is 0 Å². The van der Waals surface area contributed by atoms with Crippen molar-refractivity contribution >= 4 is 17.4 Å². The topological polar surface area (TPSA) is 60.2 Å². The molecule has 1 aromatic carbocycles. The normalized spacial score (nSPS) is 22.8. The fourth-order valence-electron chi connectivity index (χ4n) is 4.21. The quantitative estimate of drug-likeness (QED) is 0.624. The lowest BCUT2D eigenvalue weighted by atomic mass is 9.86. The van der Waals surface area contributed by atoms with E-state index in [2.05, 4.69) is 6.92 Å². The third kappa shape index (κ3) is 5.91. The molecular formula is C24H34N2O3. The molecule has 0 N–H and O–H groups in total. The number of fused-ring (bicyclic) bond motifs is 1. The Bertz CT molecular complexity index is 774. The number of esters is 1. The van der Waals surface area contributed by atoms with E-state index in [0.717, 1.165) is 35.6 Å². The molecule has 1 aromatic rings. The van der Waals surface area contributed by atoms with E-state index in [1.165, 1.54) is 12.8 Å². The molecule has 5 heteroatoms. The van der Waals surface area contributed by atoms with Gasteiger partial charge < -0.3 is 9.47 Å². The van der Waals surface area contributed by atoms with Crippen molar-refractivity contribution in [3.8, 4) is 5.75 Å². The zero-order valence-electron chi connectivity index (χ0n) is 18.4. The summed E-state index contributed by atoms with van der Waals surface area (Å²) in [4.78, 5) is 22.6. The summed E-state index contributed by atoms with van der Waals surface area (Å²) in [5.74, 6) is 0.627. The minimum absolute atomic E-state index is 0.000188. The van der Waals surface area contributed by atoms with Gasteiger partial charge in [0.1, 0.15) is 11.4 Å². The average molecular weight is 399 g/mol. The number of rotatable bonds is 6. The van der Waals surface area contributed by atoms with Crippen LogP contribution in [-0.4, -0.2) is 42.2 Å². The highest BCUT2D eigenvalue weighted by atomic mass is 16.6. The van der Waals surface area contributed by atoms with Crippen molar-refractivity contribution in [3.05, 3.63) is 29.8 Å². The molecule has 0 amide bonds. The van der Waals surface area contributed by atoms with Crippen LogP contribution in [0.5, 0.6) is 5.75 Å². The number of carbonyl (C=O) groups is 1. The molecule has 5 nitrogen and oxygen atoms in total. The first-order valence-corrected chi connectivity index (χ1v) is 10.7. The molecule has 1 heterocycles. The van der Waals surface area contributed by atoms with E-state index in [9.17, 15) is 4.79 Å². The SMILES string of the molecule is COc1ccc(C(CC(=O)OC(C)(C)C)CC2=NC3CCCCC3N=C2C)cc1. The molecule has 0 aromatic heterocycles. The molecule has 2 aliphatic rings. The molecule has 3 atom stereocenters. The molecule has 1 aliphatic heterocycles.